The average molecular weight is 243 g/mol. The van der Waals surface area contributed by atoms with Gasteiger partial charge in [-0.2, -0.15) is 0 Å². The Balaban J connectivity index is 2.47. The first kappa shape index (κ1) is 12.6. The van der Waals surface area contributed by atoms with Gasteiger partial charge < -0.3 is 4.90 Å². The van der Waals surface area contributed by atoms with Crippen LogP contribution in [-0.2, 0) is 0 Å². The molecular weight excluding hydrogens is 225 g/mol. The van der Waals surface area contributed by atoms with E-state index in [1.165, 1.54) is 12.1 Å². The fourth-order valence-electron chi connectivity index (χ4n) is 2.09. The first-order valence-electron chi connectivity index (χ1n) is 6.09. The van der Waals surface area contributed by atoms with E-state index in [0.717, 1.165) is 11.4 Å². The molecule has 0 aliphatic rings. The molecule has 0 amide bonds. The Morgan fingerprint density at radius 2 is 1.28 bits per heavy atom. The van der Waals surface area contributed by atoms with E-state index in [-0.39, 0.29) is 11.4 Å². The summed E-state index contributed by atoms with van der Waals surface area (Å²) in [4.78, 5) is 2.20. The van der Waals surface area contributed by atoms with E-state index in [0.29, 0.717) is 0 Å². The van der Waals surface area contributed by atoms with Crippen molar-refractivity contribution in [2.75, 3.05) is 4.90 Å². The lowest BCUT2D eigenvalue weighted by Gasteiger charge is -2.37. The first-order chi connectivity index (χ1) is 8.48. The van der Waals surface area contributed by atoms with Crippen molar-refractivity contribution in [2.24, 2.45) is 0 Å². The summed E-state index contributed by atoms with van der Waals surface area (Å²) in [6.07, 6.45) is 0. The molecule has 0 saturated heterocycles. The molecule has 0 aliphatic heterocycles. The quantitative estimate of drug-likeness (QED) is 0.735. The predicted molar refractivity (Wildman–Crippen MR) is 74.7 cm³/mol. The van der Waals surface area contributed by atoms with Crippen LogP contribution in [0.2, 0.25) is 0 Å². The molecule has 0 N–H and O–H groups in total. The van der Waals surface area contributed by atoms with Gasteiger partial charge in [0.1, 0.15) is 5.82 Å². The summed E-state index contributed by atoms with van der Waals surface area (Å²) in [6.45, 7) is 6.43. The topological polar surface area (TPSA) is 3.24 Å². The molecule has 2 heteroatoms. The number of halogens is 1. The van der Waals surface area contributed by atoms with Gasteiger partial charge in [0.25, 0.3) is 0 Å². The van der Waals surface area contributed by atoms with Crippen molar-refractivity contribution >= 4 is 11.4 Å². The van der Waals surface area contributed by atoms with Gasteiger partial charge >= 0.3 is 0 Å². The summed E-state index contributed by atoms with van der Waals surface area (Å²) in [6, 6.07) is 16.8. The third-order valence-electron chi connectivity index (χ3n) is 2.77. The monoisotopic (exact) mass is 243 g/mol. The molecule has 0 bridgehead atoms. The normalized spacial score (nSPS) is 11.3. The highest BCUT2D eigenvalue weighted by atomic mass is 19.1. The maximum Gasteiger partial charge on any atom is 0.123 e. The van der Waals surface area contributed by atoms with Gasteiger partial charge in [0.2, 0.25) is 0 Å². The largest absolute Gasteiger partial charge is 0.336 e. The third-order valence-corrected chi connectivity index (χ3v) is 2.77. The molecule has 0 aromatic heterocycles. The smallest absolute Gasteiger partial charge is 0.123 e. The van der Waals surface area contributed by atoms with Crippen LogP contribution in [-0.4, -0.2) is 5.54 Å². The van der Waals surface area contributed by atoms with Crippen LogP contribution in [0.25, 0.3) is 0 Å². The van der Waals surface area contributed by atoms with E-state index in [2.05, 4.69) is 37.8 Å². The second kappa shape index (κ2) is 4.81. The molecule has 0 atom stereocenters. The van der Waals surface area contributed by atoms with Gasteiger partial charge in [-0.05, 0) is 57.2 Å². The Bertz CT molecular complexity index is 497. The summed E-state index contributed by atoms with van der Waals surface area (Å²) >= 11 is 0. The van der Waals surface area contributed by atoms with E-state index in [1.807, 2.05) is 30.3 Å². The number of anilines is 2. The molecule has 0 unspecified atom stereocenters. The summed E-state index contributed by atoms with van der Waals surface area (Å²) in [7, 11) is 0. The molecule has 1 nitrogen and oxygen atoms in total. The number of nitrogens with zero attached hydrogens (tertiary/aromatic N) is 1. The summed E-state index contributed by atoms with van der Waals surface area (Å²) in [5.74, 6) is -0.208. The molecule has 0 heterocycles. The van der Waals surface area contributed by atoms with Crippen LogP contribution in [0.3, 0.4) is 0 Å². The van der Waals surface area contributed by atoms with Crippen molar-refractivity contribution in [1.29, 1.82) is 0 Å². The summed E-state index contributed by atoms with van der Waals surface area (Å²) in [5, 5.41) is 0. The van der Waals surface area contributed by atoms with Gasteiger partial charge in [-0.1, -0.05) is 18.2 Å². The Kier molecular flexibility index (Phi) is 3.37. The number of benzene rings is 2. The van der Waals surface area contributed by atoms with Crippen LogP contribution >= 0.6 is 0 Å². The number of hydrogen-bond donors (Lipinski definition) is 0. The van der Waals surface area contributed by atoms with Crippen LogP contribution in [0.15, 0.2) is 54.6 Å². The Hall–Kier alpha value is -1.83. The molecular formula is C16H18FN. The van der Waals surface area contributed by atoms with Crippen LogP contribution in [0.5, 0.6) is 0 Å². The molecule has 0 fully saturated rings. The molecule has 0 spiro atoms. The Morgan fingerprint density at radius 3 is 1.78 bits per heavy atom. The summed E-state index contributed by atoms with van der Waals surface area (Å²) in [5.41, 5.74) is 2.03. The minimum atomic E-state index is -0.208. The molecule has 18 heavy (non-hydrogen) atoms. The van der Waals surface area contributed by atoms with Crippen LogP contribution in [0.1, 0.15) is 20.8 Å². The molecule has 2 rings (SSSR count). The van der Waals surface area contributed by atoms with Crippen molar-refractivity contribution in [3.63, 3.8) is 0 Å². The van der Waals surface area contributed by atoms with E-state index >= 15 is 0 Å². The molecule has 94 valence electrons. The zero-order valence-corrected chi connectivity index (χ0v) is 11.0. The van der Waals surface area contributed by atoms with E-state index in [1.54, 1.807) is 0 Å². The lowest BCUT2D eigenvalue weighted by Crippen LogP contribution is -2.37. The van der Waals surface area contributed by atoms with Crippen LogP contribution < -0.4 is 4.90 Å². The second-order valence-corrected chi connectivity index (χ2v) is 5.32. The lowest BCUT2D eigenvalue weighted by molar-refractivity contribution is 0.559. The third kappa shape index (κ3) is 2.70. The highest BCUT2D eigenvalue weighted by molar-refractivity contribution is 5.65. The average Bonchev–Trinajstić information content (AvgIpc) is 2.32. The van der Waals surface area contributed by atoms with Gasteiger partial charge in [-0.15, -0.1) is 0 Å². The van der Waals surface area contributed by atoms with Crippen molar-refractivity contribution in [1.82, 2.24) is 0 Å². The molecule has 0 saturated carbocycles. The van der Waals surface area contributed by atoms with Crippen molar-refractivity contribution in [2.45, 2.75) is 26.3 Å². The molecule has 0 radical (unpaired) electrons. The lowest BCUT2D eigenvalue weighted by atomic mass is 10.0. The van der Waals surface area contributed by atoms with E-state index in [4.69, 9.17) is 0 Å². The second-order valence-electron chi connectivity index (χ2n) is 5.32. The Labute approximate surface area is 108 Å². The van der Waals surface area contributed by atoms with Gasteiger partial charge in [0, 0.05) is 16.9 Å². The number of hydrogen-bond acceptors (Lipinski definition) is 1. The van der Waals surface area contributed by atoms with E-state index in [9.17, 15) is 4.39 Å². The zero-order chi connectivity index (χ0) is 13.2. The fraction of sp³-hybridized carbons (Fsp3) is 0.250. The zero-order valence-electron chi connectivity index (χ0n) is 11.0. The predicted octanol–water partition coefficient (Wildman–Crippen LogP) is 4.76. The molecule has 0 aliphatic carbocycles. The standard InChI is InChI=1S/C16H18FN/c1-16(2,3)18(14-7-5-4-6-8-14)15-11-9-13(17)10-12-15/h4-12H,1-3H3. The maximum absolute atomic E-state index is 13.0. The van der Waals surface area contributed by atoms with Crippen LogP contribution in [0.4, 0.5) is 15.8 Å². The van der Waals surface area contributed by atoms with Crippen molar-refractivity contribution in [3.05, 3.63) is 60.4 Å². The summed E-state index contributed by atoms with van der Waals surface area (Å²) < 4.78 is 13.0. The van der Waals surface area contributed by atoms with Gasteiger partial charge in [0.15, 0.2) is 0 Å². The fourth-order valence-corrected chi connectivity index (χ4v) is 2.09. The maximum atomic E-state index is 13.0. The number of rotatable bonds is 2. The van der Waals surface area contributed by atoms with Gasteiger partial charge in [0.05, 0.1) is 0 Å². The van der Waals surface area contributed by atoms with E-state index < -0.39 is 0 Å². The SMILES string of the molecule is CC(C)(C)N(c1ccccc1)c1ccc(F)cc1. The van der Waals surface area contributed by atoms with Crippen molar-refractivity contribution in [3.8, 4) is 0 Å². The van der Waals surface area contributed by atoms with Gasteiger partial charge in [-0.25, -0.2) is 4.39 Å². The minimum Gasteiger partial charge on any atom is -0.336 e. The molecule has 2 aromatic rings. The Morgan fingerprint density at radius 1 is 0.778 bits per heavy atom. The van der Waals surface area contributed by atoms with Crippen molar-refractivity contribution < 1.29 is 4.39 Å². The highest BCUT2D eigenvalue weighted by Crippen LogP contribution is 2.32. The highest BCUT2D eigenvalue weighted by Gasteiger charge is 2.23. The van der Waals surface area contributed by atoms with Gasteiger partial charge in [-0.3, -0.25) is 0 Å². The number of para-hydroxylation sites is 1. The first-order valence-corrected chi connectivity index (χ1v) is 6.09. The molecule has 2 aromatic carbocycles. The van der Waals surface area contributed by atoms with Crippen LogP contribution in [0, 0.1) is 5.82 Å². The minimum absolute atomic E-state index is 0.0703.